The Kier molecular flexibility index (Phi) is 6.54. The largest absolute Gasteiger partial charge is 0.496 e. The van der Waals surface area contributed by atoms with Gasteiger partial charge in [0.2, 0.25) is 5.91 Å². The van der Waals surface area contributed by atoms with Crippen LogP contribution in [0, 0.1) is 0 Å². The zero-order valence-electron chi connectivity index (χ0n) is 13.3. The van der Waals surface area contributed by atoms with Crippen LogP contribution in [0.5, 0.6) is 11.5 Å². The van der Waals surface area contributed by atoms with Crippen molar-refractivity contribution in [2.45, 2.75) is 26.0 Å². The second kappa shape index (κ2) is 8.86. The second-order valence-electron chi connectivity index (χ2n) is 5.07. The minimum atomic E-state index is -2.90. The first-order valence-corrected chi connectivity index (χ1v) is 7.51. The standard InChI is InChI=1S/C18H19F2NO3/c1-23-15-8-4-2-6-13(15)10-11-17(22)21-12-14-7-3-5-9-16(14)24-18(19)20/h2-9,18H,10-12H2,1H3,(H,21,22). The molecule has 0 radical (unpaired) electrons. The summed E-state index contributed by atoms with van der Waals surface area (Å²) in [5.74, 6) is 0.631. The van der Waals surface area contributed by atoms with Crippen molar-refractivity contribution in [1.82, 2.24) is 5.32 Å². The molecule has 6 heteroatoms. The second-order valence-corrected chi connectivity index (χ2v) is 5.07. The lowest BCUT2D eigenvalue weighted by Gasteiger charge is -2.12. The van der Waals surface area contributed by atoms with Crippen molar-refractivity contribution >= 4 is 5.91 Å². The predicted molar refractivity (Wildman–Crippen MR) is 86.2 cm³/mol. The van der Waals surface area contributed by atoms with Crippen molar-refractivity contribution in [3.63, 3.8) is 0 Å². The average Bonchev–Trinajstić information content (AvgIpc) is 2.59. The van der Waals surface area contributed by atoms with Crippen LogP contribution in [0.3, 0.4) is 0 Å². The Morgan fingerprint density at radius 1 is 1.04 bits per heavy atom. The third kappa shape index (κ3) is 5.22. The third-order valence-corrected chi connectivity index (χ3v) is 3.48. The molecule has 128 valence electrons. The van der Waals surface area contributed by atoms with Gasteiger partial charge in [-0.25, -0.2) is 0 Å². The molecule has 0 fully saturated rings. The lowest BCUT2D eigenvalue weighted by molar-refractivity contribution is -0.121. The highest BCUT2D eigenvalue weighted by atomic mass is 19.3. The van der Waals surface area contributed by atoms with Crippen LogP contribution in [0.25, 0.3) is 0 Å². The summed E-state index contributed by atoms with van der Waals surface area (Å²) in [7, 11) is 1.58. The lowest BCUT2D eigenvalue weighted by atomic mass is 10.1. The summed E-state index contributed by atoms with van der Waals surface area (Å²) >= 11 is 0. The van der Waals surface area contributed by atoms with Crippen LogP contribution in [-0.4, -0.2) is 19.6 Å². The molecule has 0 aliphatic heterocycles. The van der Waals surface area contributed by atoms with Crippen LogP contribution in [0.15, 0.2) is 48.5 Å². The number of rotatable bonds is 8. The summed E-state index contributed by atoms with van der Waals surface area (Å²) in [5.41, 5.74) is 1.44. The maximum atomic E-state index is 12.4. The Labute approximate surface area is 139 Å². The first kappa shape index (κ1) is 17.7. The quantitative estimate of drug-likeness (QED) is 0.803. The maximum absolute atomic E-state index is 12.4. The molecule has 0 saturated carbocycles. The highest BCUT2D eigenvalue weighted by Gasteiger charge is 2.11. The summed E-state index contributed by atoms with van der Waals surface area (Å²) in [6, 6.07) is 13.9. The molecule has 0 aliphatic rings. The van der Waals surface area contributed by atoms with Gasteiger partial charge in [-0.2, -0.15) is 8.78 Å². The molecule has 1 amide bonds. The number of hydrogen-bond acceptors (Lipinski definition) is 3. The average molecular weight is 335 g/mol. The van der Waals surface area contributed by atoms with Crippen LogP contribution in [0.2, 0.25) is 0 Å². The predicted octanol–water partition coefficient (Wildman–Crippen LogP) is 3.55. The van der Waals surface area contributed by atoms with Gasteiger partial charge in [-0.1, -0.05) is 36.4 Å². The Morgan fingerprint density at radius 2 is 1.67 bits per heavy atom. The molecule has 24 heavy (non-hydrogen) atoms. The number of aryl methyl sites for hydroxylation is 1. The van der Waals surface area contributed by atoms with E-state index in [1.54, 1.807) is 25.3 Å². The van der Waals surface area contributed by atoms with E-state index in [4.69, 9.17) is 4.74 Å². The van der Waals surface area contributed by atoms with E-state index in [1.165, 1.54) is 6.07 Å². The summed E-state index contributed by atoms with van der Waals surface area (Å²) in [4.78, 5) is 12.0. The fraction of sp³-hybridized carbons (Fsp3) is 0.278. The van der Waals surface area contributed by atoms with E-state index in [-0.39, 0.29) is 24.6 Å². The van der Waals surface area contributed by atoms with Gasteiger partial charge in [0.25, 0.3) is 0 Å². The molecule has 0 atom stereocenters. The van der Waals surface area contributed by atoms with Crippen LogP contribution in [0.4, 0.5) is 8.78 Å². The van der Waals surface area contributed by atoms with E-state index >= 15 is 0 Å². The minimum Gasteiger partial charge on any atom is -0.496 e. The smallest absolute Gasteiger partial charge is 0.387 e. The minimum absolute atomic E-state index is 0.0672. The number of alkyl halides is 2. The summed E-state index contributed by atoms with van der Waals surface area (Å²) in [6.07, 6.45) is 0.809. The maximum Gasteiger partial charge on any atom is 0.387 e. The van der Waals surface area contributed by atoms with Gasteiger partial charge in [0.15, 0.2) is 0 Å². The molecule has 0 heterocycles. The Bertz CT molecular complexity index is 677. The molecule has 2 rings (SSSR count). The van der Waals surface area contributed by atoms with Crippen LogP contribution in [-0.2, 0) is 17.8 Å². The number of para-hydroxylation sites is 2. The third-order valence-electron chi connectivity index (χ3n) is 3.48. The van der Waals surface area contributed by atoms with E-state index in [0.717, 1.165) is 11.3 Å². The van der Waals surface area contributed by atoms with Crippen LogP contribution >= 0.6 is 0 Å². The van der Waals surface area contributed by atoms with Gasteiger partial charge in [-0.05, 0) is 24.1 Å². The molecule has 0 bridgehead atoms. The fourth-order valence-electron chi connectivity index (χ4n) is 2.30. The van der Waals surface area contributed by atoms with Gasteiger partial charge in [0.1, 0.15) is 11.5 Å². The number of halogens is 2. The number of benzene rings is 2. The van der Waals surface area contributed by atoms with E-state index in [9.17, 15) is 13.6 Å². The molecule has 1 N–H and O–H groups in total. The highest BCUT2D eigenvalue weighted by molar-refractivity contribution is 5.76. The van der Waals surface area contributed by atoms with Crippen LogP contribution in [0.1, 0.15) is 17.5 Å². The molecule has 0 aromatic heterocycles. The van der Waals surface area contributed by atoms with E-state index in [0.29, 0.717) is 12.0 Å². The van der Waals surface area contributed by atoms with Gasteiger partial charge >= 0.3 is 6.61 Å². The number of methoxy groups -OCH3 is 1. The molecule has 0 aliphatic carbocycles. The van der Waals surface area contributed by atoms with Gasteiger partial charge in [0.05, 0.1) is 7.11 Å². The highest BCUT2D eigenvalue weighted by Crippen LogP contribution is 2.21. The first-order chi connectivity index (χ1) is 11.6. The molecule has 4 nitrogen and oxygen atoms in total. The number of nitrogens with one attached hydrogen (secondary N) is 1. The number of hydrogen-bond donors (Lipinski definition) is 1. The normalized spacial score (nSPS) is 10.5. The number of amides is 1. The van der Waals surface area contributed by atoms with Crippen molar-refractivity contribution in [3.05, 3.63) is 59.7 Å². The molecule has 0 spiro atoms. The van der Waals surface area contributed by atoms with Crippen molar-refractivity contribution in [3.8, 4) is 11.5 Å². The number of carbonyl (C=O) groups excluding carboxylic acids is 1. The topological polar surface area (TPSA) is 47.6 Å². The lowest BCUT2D eigenvalue weighted by Crippen LogP contribution is -2.23. The van der Waals surface area contributed by atoms with E-state index in [1.807, 2.05) is 24.3 Å². The van der Waals surface area contributed by atoms with Crippen LogP contribution < -0.4 is 14.8 Å². The molecular weight excluding hydrogens is 316 g/mol. The summed E-state index contributed by atoms with van der Waals surface area (Å²) in [5, 5.41) is 2.72. The summed E-state index contributed by atoms with van der Waals surface area (Å²) < 4.78 is 34.4. The molecular formula is C18H19F2NO3. The van der Waals surface area contributed by atoms with Gasteiger partial charge in [-0.3, -0.25) is 4.79 Å². The number of ether oxygens (including phenoxy) is 2. The van der Waals surface area contributed by atoms with Gasteiger partial charge < -0.3 is 14.8 Å². The zero-order valence-corrected chi connectivity index (χ0v) is 13.3. The van der Waals surface area contributed by atoms with Crippen molar-refractivity contribution in [2.75, 3.05) is 7.11 Å². The first-order valence-electron chi connectivity index (χ1n) is 7.51. The SMILES string of the molecule is COc1ccccc1CCC(=O)NCc1ccccc1OC(F)F. The Hall–Kier alpha value is -2.63. The van der Waals surface area contributed by atoms with E-state index in [2.05, 4.69) is 10.1 Å². The van der Waals surface area contributed by atoms with Gasteiger partial charge in [-0.15, -0.1) is 0 Å². The molecule has 2 aromatic carbocycles. The summed E-state index contributed by atoms with van der Waals surface area (Å²) in [6.45, 7) is -2.76. The monoisotopic (exact) mass is 335 g/mol. The Balaban J connectivity index is 1.87. The van der Waals surface area contributed by atoms with Gasteiger partial charge in [0, 0.05) is 18.5 Å². The molecule has 2 aromatic rings. The van der Waals surface area contributed by atoms with Crippen molar-refractivity contribution in [2.24, 2.45) is 0 Å². The fourth-order valence-corrected chi connectivity index (χ4v) is 2.30. The van der Waals surface area contributed by atoms with E-state index < -0.39 is 6.61 Å². The zero-order chi connectivity index (χ0) is 17.4. The van der Waals surface area contributed by atoms with Crippen molar-refractivity contribution < 1.29 is 23.0 Å². The molecule has 0 unspecified atom stereocenters. The van der Waals surface area contributed by atoms with Crippen molar-refractivity contribution in [1.29, 1.82) is 0 Å². The number of carbonyl (C=O) groups is 1. The Morgan fingerprint density at radius 3 is 2.33 bits per heavy atom. The molecule has 0 saturated heterocycles.